The maximum atomic E-state index is 6.24. The summed E-state index contributed by atoms with van der Waals surface area (Å²) in [5.74, 6) is 1.27. The Morgan fingerprint density at radius 1 is 1.41 bits per heavy atom. The maximum absolute atomic E-state index is 6.24. The Balaban J connectivity index is 1.84. The number of aliphatic imine (C=N–C) groups is 1. The molecule has 1 saturated heterocycles. The first kappa shape index (κ1) is 9.89. The molecular weight excluding hydrogens is 210 g/mol. The molecule has 3 nitrogen and oxygen atoms in total. The van der Waals surface area contributed by atoms with Crippen molar-refractivity contribution in [1.29, 1.82) is 0 Å². The van der Waals surface area contributed by atoms with E-state index < -0.39 is 0 Å². The van der Waals surface area contributed by atoms with Gasteiger partial charge < -0.3 is 10.6 Å². The van der Waals surface area contributed by atoms with Crippen LogP contribution in [0.1, 0.15) is 25.7 Å². The van der Waals surface area contributed by atoms with Crippen molar-refractivity contribution in [2.75, 3.05) is 13.1 Å². The molecule has 0 radical (unpaired) electrons. The highest BCUT2D eigenvalue weighted by atomic mass is 15.2. The highest BCUT2D eigenvalue weighted by molar-refractivity contribution is 5.73. The molecule has 0 spiro atoms. The molecular formula is C14H19N3. The molecule has 0 amide bonds. The highest BCUT2D eigenvalue weighted by Gasteiger charge is 2.40. The number of nitrogens with zero attached hydrogens (tertiary/aromatic N) is 2. The van der Waals surface area contributed by atoms with Crippen LogP contribution in [0.4, 0.5) is 0 Å². The van der Waals surface area contributed by atoms with Crippen molar-refractivity contribution >= 4 is 6.21 Å². The third-order valence-corrected chi connectivity index (χ3v) is 4.72. The van der Waals surface area contributed by atoms with Crippen molar-refractivity contribution in [1.82, 2.24) is 4.90 Å². The number of piperidine rings is 1. The zero-order chi connectivity index (χ0) is 11.4. The predicted octanol–water partition coefficient (Wildman–Crippen LogP) is 1.67. The maximum Gasteiger partial charge on any atom is 0.0387 e. The van der Waals surface area contributed by atoms with Crippen molar-refractivity contribution in [2.45, 2.75) is 31.7 Å². The highest BCUT2D eigenvalue weighted by Crippen LogP contribution is 2.46. The second kappa shape index (κ2) is 3.45. The van der Waals surface area contributed by atoms with Crippen molar-refractivity contribution < 1.29 is 0 Å². The van der Waals surface area contributed by atoms with Crippen LogP contribution in [-0.2, 0) is 0 Å². The van der Waals surface area contributed by atoms with Crippen LogP contribution in [0.3, 0.4) is 0 Å². The first-order valence-corrected chi connectivity index (χ1v) is 6.80. The zero-order valence-corrected chi connectivity index (χ0v) is 10.1. The van der Waals surface area contributed by atoms with E-state index in [-0.39, 0.29) is 0 Å². The average Bonchev–Trinajstić information content (AvgIpc) is 2.77. The lowest BCUT2D eigenvalue weighted by Gasteiger charge is -2.47. The molecule has 0 saturated carbocycles. The molecule has 3 heteroatoms. The van der Waals surface area contributed by atoms with Gasteiger partial charge in [0.05, 0.1) is 0 Å². The molecule has 1 fully saturated rings. The summed E-state index contributed by atoms with van der Waals surface area (Å²) in [4.78, 5) is 6.99. The van der Waals surface area contributed by atoms with E-state index in [1.165, 1.54) is 31.4 Å². The lowest BCUT2D eigenvalue weighted by Crippen LogP contribution is -2.46. The normalized spacial score (nSPS) is 39.0. The van der Waals surface area contributed by atoms with Gasteiger partial charge in [-0.2, -0.15) is 0 Å². The van der Waals surface area contributed by atoms with E-state index in [1.54, 1.807) is 11.3 Å². The van der Waals surface area contributed by atoms with Crippen LogP contribution in [0.5, 0.6) is 0 Å². The molecule has 4 rings (SSSR count). The minimum atomic E-state index is 0.360. The van der Waals surface area contributed by atoms with Crippen LogP contribution >= 0.6 is 0 Å². The number of hydrogen-bond donors (Lipinski definition) is 1. The quantitative estimate of drug-likeness (QED) is 0.686. The van der Waals surface area contributed by atoms with Crippen molar-refractivity contribution in [3.8, 4) is 0 Å². The van der Waals surface area contributed by atoms with Gasteiger partial charge in [-0.1, -0.05) is 0 Å². The second-order valence-electron chi connectivity index (χ2n) is 5.84. The average molecular weight is 229 g/mol. The Kier molecular flexibility index (Phi) is 2.01. The molecule has 3 heterocycles. The number of fused-ring (bicyclic) bond motifs is 2. The van der Waals surface area contributed by atoms with E-state index in [0.29, 0.717) is 12.0 Å². The summed E-state index contributed by atoms with van der Waals surface area (Å²) < 4.78 is 0. The minimum Gasteiger partial charge on any atom is -0.373 e. The van der Waals surface area contributed by atoms with Gasteiger partial charge in [-0.15, -0.1) is 0 Å². The predicted molar refractivity (Wildman–Crippen MR) is 68.6 cm³/mol. The van der Waals surface area contributed by atoms with Crippen LogP contribution in [0, 0.1) is 11.8 Å². The summed E-state index contributed by atoms with van der Waals surface area (Å²) in [5, 5.41) is 0. The fraction of sp³-hybridized carbons (Fsp3) is 0.643. The van der Waals surface area contributed by atoms with E-state index in [4.69, 9.17) is 5.73 Å². The molecule has 3 aliphatic heterocycles. The minimum absolute atomic E-state index is 0.360. The van der Waals surface area contributed by atoms with Crippen molar-refractivity contribution in [3.63, 3.8) is 0 Å². The molecule has 0 aromatic heterocycles. The van der Waals surface area contributed by atoms with E-state index in [0.717, 1.165) is 18.9 Å². The van der Waals surface area contributed by atoms with Gasteiger partial charge in [0.2, 0.25) is 0 Å². The zero-order valence-electron chi connectivity index (χ0n) is 10.1. The molecule has 90 valence electrons. The Hall–Kier alpha value is -1.09. The topological polar surface area (TPSA) is 41.6 Å². The van der Waals surface area contributed by atoms with E-state index in [1.807, 2.05) is 0 Å². The molecule has 0 aromatic carbocycles. The van der Waals surface area contributed by atoms with E-state index >= 15 is 0 Å². The summed E-state index contributed by atoms with van der Waals surface area (Å²) in [6.45, 7) is 2.39. The van der Waals surface area contributed by atoms with Crippen LogP contribution in [0.15, 0.2) is 28.0 Å². The van der Waals surface area contributed by atoms with Gasteiger partial charge in [-0.05, 0) is 36.8 Å². The molecule has 0 aromatic rings. The Bertz CT molecular complexity index is 446. The molecule has 17 heavy (non-hydrogen) atoms. The lowest BCUT2D eigenvalue weighted by molar-refractivity contribution is 0.195. The van der Waals surface area contributed by atoms with Crippen LogP contribution < -0.4 is 5.73 Å². The van der Waals surface area contributed by atoms with Crippen LogP contribution in [-0.4, -0.2) is 30.2 Å². The molecule has 1 aliphatic carbocycles. The number of hydrogen-bond acceptors (Lipinski definition) is 3. The summed E-state index contributed by atoms with van der Waals surface area (Å²) >= 11 is 0. The number of nitrogens with two attached hydrogens (primary N) is 1. The summed E-state index contributed by atoms with van der Waals surface area (Å²) in [6.07, 6.45) is 9.11. The monoisotopic (exact) mass is 229 g/mol. The largest absolute Gasteiger partial charge is 0.373 e. The Morgan fingerprint density at radius 3 is 3.29 bits per heavy atom. The first-order valence-electron chi connectivity index (χ1n) is 6.80. The Labute approximate surface area is 102 Å². The van der Waals surface area contributed by atoms with Crippen LogP contribution in [0.2, 0.25) is 0 Å². The molecule has 2 N–H and O–H groups in total. The van der Waals surface area contributed by atoms with Gasteiger partial charge in [0.25, 0.3) is 0 Å². The SMILES string of the molecule is NC1CC2=C3C(CCCN3CC3C=NC=C23)C1. The summed E-state index contributed by atoms with van der Waals surface area (Å²) in [6, 6.07) is 0.360. The van der Waals surface area contributed by atoms with E-state index in [9.17, 15) is 0 Å². The number of rotatable bonds is 0. The number of allylic oxidation sites excluding steroid dienone is 1. The second-order valence-corrected chi connectivity index (χ2v) is 5.84. The third kappa shape index (κ3) is 1.35. The third-order valence-electron chi connectivity index (χ3n) is 4.72. The molecule has 4 aliphatic rings. The summed E-state index contributed by atoms with van der Waals surface area (Å²) in [7, 11) is 0. The van der Waals surface area contributed by atoms with Crippen molar-refractivity contribution in [3.05, 3.63) is 23.0 Å². The van der Waals surface area contributed by atoms with Gasteiger partial charge in [0, 0.05) is 49.1 Å². The van der Waals surface area contributed by atoms with Gasteiger partial charge in [0.15, 0.2) is 0 Å². The van der Waals surface area contributed by atoms with Crippen molar-refractivity contribution in [2.24, 2.45) is 22.6 Å². The molecule has 0 bridgehead atoms. The van der Waals surface area contributed by atoms with Gasteiger partial charge in [-0.25, -0.2) is 0 Å². The van der Waals surface area contributed by atoms with Crippen LogP contribution in [0.25, 0.3) is 0 Å². The Morgan fingerprint density at radius 2 is 2.35 bits per heavy atom. The van der Waals surface area contributed by atoms with E-state index in [2.05, 4.69) is 22.3 Å². The first-order chi connectivity index (χ1) is 8.33. The lowest BCUT2D eigenvalue weighted by atomic mass is 9.73. The summed E-state index contributed by atoms with van der Waals surface area (Å²) in [5.41, 5.74) is 10.9. The smallest absolute Gasteiger partial charge is 0.0387 e. The fourth-order valence-electron chi connectivity index (χ4n) is 4.07. The van der Waals surface area contributed by atoms with Gasteiger partial charge >= 0.3 is 0 Å². The fourth-order valence-corrected chi connectivity index (χ4v) is 4.07. The van der Waals surface area contributed by atoms with Gasteiger partial charge in [-0.3, -0.25) is 4.99 Å². The standard InChI is InChI=1S/C14H19N3/c15-11-4-9-2-1-3-17-8-10-6-16-7-13(10)12(5-11)14(9)17/h6-7,9-11H,1-5,8,15H2. The molecule has 3 atom stereocenters. The molecule has 3 unspecified atom stereocenters. The van der Waals surface area contributed by atoms with Gasteiger partial charge in [0.1, 0.15) is 0 Å².